The highest BCUT2D eigenvalue weighted by Crippen LogP contribution is 2.48. The number of hydrogen-bond donors (Lipinski definition) is 0. The first-order valence-corrected chi connectivity index (χ1v) is 7.05. The second-order valence-corrected chi connectivity index (χ2v) is 6.66. The highest BCUT2D eigenvalue weighted by atomic mass is 16.6. The molecule has 0 spiro atoms. The van der Waals surface area contributed by atoms with Gasteiger partial charge in [0.15, 0.2) is 11.5 Å². The van der Waals surface area contributed by atoms with Gasteiger partial charge in [-0.15, -0.1) is 0 Å². The van der Waals surface area contributed by atoms with Gasteiger partial charge < -0.3 is 14.4 Å². The number of carbonyl (C=O) groups is 1. The average Bonchev–Trinajstić information content (AvgIpc) is 2.43. The van der Waals surface area contributed by atoms with Crippen molar-refractivity contribution in [2.24, 2.45) is 5.41 Å². The Balaban J connectivity index is 1.93. The number of fused-ring (bicyclic) bond motifs is 1. The zero-order valence-electron chi connectivity index (χ0n) is 12.5. The zero-order valence-corrected chi connectivity index (χ0v) is 12.5. The van der Waals surface area contributed by atoms with Crippen molar-refractivity contribution in [1.82, 2.24) is 4.90 Å². The summed E-state index contributed by atoms with van der Waals surface area (Å²) in [7, 11) is 0. The van der Waals surface area contributed by atoms with Gasteiger partial charge in [0.05, 0.1) is 5.56 Å². The molecule has 3 rings (SSSR count). The van der Waals surface area contributed by atoms with Gasteiger partial charge in [0.2, 0.25) is 0 Å². The van der Waals surface area contributed by atoms with Crippen molar-refractivity contribution >= 4 is 5.91 Å². The Hall–Kier alpha value is -1.71. The molecule has 20 heavy (non-hydrogen) atoms. The number of rotatable bonds is 1. The lowest BCUT2D eigenvalue weighted by Crippen LogP contribution is -2.70. The molecule has 1 aromatic carbocycles. The fraction of sp³-hybridized carbons (Fsp3) is 0.562. The van der Waals surface area contributed by atoms with Crippen LogP contribution in [0.1, 0.15) is 38.1 Å². The van der Waals surface area contributed by atoms with Crippen LogP contribution >= 0.6 is 0 Å². The van der Waals surface area contributed by atoms with E-state index in [0.717, 1.165) is 6.54 Å². The van der Waals surface area contributed by atoms with E-state index in [1.54, 1.807) is 0 Å². The third kappa shape index (κ3) is 1.70. The second-order valence-electron chi connectivity index (χ2n) is 6.66. The lowest BCUT2D eigenvalue weighted by molar-refractivity contribution is -0.0883. The summed E-state index contributed by atoms with van der Waals surface area (Å²) >= 11 is 0. The molecule has 4 nitrogen and oxygen atoms in total. The molecule has 108 valence electrons. The predicted molar refractivity (Wildman–Crippen MR) is 76.3 cm³/mol. The molecule has 1 amide bonds. The number of ether oxygens (including phenoxy) is 2. The van der Waals surface area contributed by atoms with E-state index in [0.29, 0.717) is 30.3 Å². The monoisotopic (exact) mass is 275 g/mol. The van der Waals surface area contributed by atoms with Crippen molar-refractivity contribution in [3.05, 3.63) is 23.8 Å². The molecule has 0 bridgehead atoms. The quantitative estimate of drug-likeness (QED) is 0.791. The van der Waals surface area contributed by atoms with Crippen LogP contribution in [0.4, 0.5) is 0 Å². The molecule has 2 aliphatic heterocycles. The molecule has 2 aliphatic rings. The normalized spacial score (nSPS) is 22.1. The number of amides is 1. The molecule has 2 heterocycles. The minimum absolute atomic E-state index is 0.0247. The van der Waals surface area contributed by atoms with Crippen LogP contribution < -0.4 is 9.47 Å². The number of hydrogen-bond acceptors (Lipinski definition) is 3. The van der Waals surface area contributed by atoms with Gasteiger partial charge in [-0.1, -0.05) is 19.9 Å². The fourth-order valence-corrected chi connectivity index (χ4v) is 2.77. The number of carbonyl (C=O) groups excluding carboxylic acids is 1. The van der Waals surface area contributed by atoms with Crippen LogP contribution in [0.2, 0.25) is 0 Å². The van der Waals surface area contributed by atoms with Gasteiger partial charge in [0.1, 0.15) is 13.2 Å². The van der Waals surface area contributed by atoms with Gasteiger partial charge in [-0.2, -0.15) is 0 Å². The summed E-state index contributed by atoms with van der Waals surface area (Å²) in [5.41, 5.74) is 0.586. The minimum Gasteiger partial charge on any atom is -0.486 e. The molecule has 1 aromatic rings. The van der Waals surface area contributed by atoms with E-state index in [4.69, 9.17) is 9.47 Å². The lowest BCUT2D eigenvalue weighted by atomic mass is 9.65. The van der Waals surface area contributed by atoms with Crippen LogP contribution in [0, 0.1) is 5.41 Å². The van der Waals surface area contributed by atoms with Crippen molar-refractivity contribution in [2.45, 2.75) is 33.2 Å². The van der Waals surface area contributed by atoms with E-state index in [9.17, 15) is 4.79 Å². The summed E-state index contributed by atoms with van der Waals surface area (Å²) < 4.78 is 11.2. The standard InChI is InChI=1S/C16H21NO3/c1-15(2)10-17(16(15,3)4)14(18)11-6-5-7-12-13(11)20-9-8-19-12/h5-7H,8-10H2,1-4H3. The number of nitrogens with zero attached hydrogens (tertiary/aromatic N) is 1. The second kappa shape index (κ2) is 4.14. The summed E-state index contributed by atoms with van der Waals surface area (Å²) in [6.07, 6.45) is 0. The largest absolute Gasteiger partial charge is 0.486 e. The van der Waals surface area contributed by atoms with Crippen LogP contribution in [0.25, 0.3) is 0 Å². The minimum atomic E-state index is -0.150. The smallest absolute Gasteiger partial charge is 0.258 e. The summed E-state index contributed by atoms with van der Waals surface area (Å²) in [4.78, 5) is 14.7. The molecule has 1 fully saturated rings. The Morgan fingerprint density at radius 3 is 2.50 bits per heavy atom. The zero-order chi connectivity index (χ0) is 14.5. The van der Waals surface area contributed by atoms with Crippen LogP contribution in [0.15, 0.2) is 18.2 Å². The van der Waals surface area contributed by atoms with Gasteiger partial charge >= 0.3 is 0 Å². The van der Waals surface area contributed by atoms with Crippen molar-refractivity contribution in [2.75, 3.05) is 19.8 Å². The van der Waals surface area contributed by atoms with Gasteiger partial charge in [-0.25, -0.2) is 0 Å². The summed E-state index contributed by atoms with van der Waals surface area (Å²) in [5, 5.41) is 0. The molecule has 0 saturated carbocycles. The topological polar surface area (TPSA) is 38.8 Å². The SMILES string of the molecule is CC1(C)CN(C(=O)c2cccc3c2OCCO3)C1(C)C. The Kier molecular flexibility index (Phi) is 2.75. The first-order valence-electron chi connectivity index (χ1n) is 7.05. The number of para-hydroxylation sites is 1. The maximum atomic E-state index is 12.8. The van der Waals surface area contributed by atoms with Crippen LogP contribution in [0.5, 0.6) is 11.5 Å². The van der Waals surface area contributed by atoms with Crippen molar-refractivity contribution in [3.8, 4) is 11.5 Å². The molecule has 0 aliphatic carbocycles. The maximum Gasteiger partial charge on any atom is 0.258 e. The lowest BCUT2D eigenvalue weighted by Gasteiger charge is -2.61. The maximum absolute atomic E-state index is 12.8. The summed E-state index contributed by atoms with van der Waals surface area (Å²) in [6.45, 7) is 10.4. The molecule has 0 unspecified atom stereocenters. The van der Waals surface area contributed by atoms with Gasteiger partial charge in [0.25, 0.3) is 5.91 Å². The van der Waals surface area contributed by atoms with E-state index in [-0.39, 0.29) is 16.9 Å². The van der Waals surface area contributed by atoms with E-state index >= 15 is 0 Å². The molecule has 4 heteroatoms. The Morgan fingerprint density at radius 1 is 1.15 bits per heavy atom. The summed E-state index contributed by atoms with van der Waals surface area (Å²) in [6, 6.07) is 5.51. The van der Waals surface area contributed by atoms with Crippen LogP contribution in [-0.4, -0.2) is 36.1 Å². The average molecular weight is 275 g/mol. The third-order valence-electron chi connectivity index (χ3n) is 4.93. The first kappa shape index (κ1) is 13.3. The Bertz CT molecular complexity index is 563. The molecule has 0 N–H and O–H groups in total. The van der Waals surface area contributed by atoms with Crippen molar-refractivity contribution in [1.29, 1.82) is 0 Å². The fourth-order valence-electron chi connectivity index (χ4n) is 2.77. The highest BCUT2D eigenvalue weighted by Gasteiger charge is 2.55. The van der Waals surface area contributed by atoms with Crippen molar-refractivity contribution in [3.63, 3.8) is 0 Å². The van der Waals surface area contributed by atoms with Crippen LogP contribution in [0.3, 0.4) is 0 Å². The van der Waals surface area contributed by atoms with E-state index < -0.39 is 0 Å². The Labute approximate surface area is 119 Å². The van der Waals surface area contributed by atoms with Gasteiger partial charge in [-0.05, 0) is 26.0 Å². The van der Waals surface area contributed by atoms with E-state index in [2.05, 4.69) is 27.7 Å². The third-order valence-corrected chi connectivity index (χ3v) is 4.93. The number of benzene rings is 1. The Morgan fingerprint density at radius 2 is 1.85 bits per heavy atom. The van der Waals surface area contributed by atoms with E-state index in [1.165, 1.54) is 0 Å². The molecular formula is C16H21NO3. The van der Waals surface area contributed by atoms with Gasteiger partial charge in [-0.3, -0.25) is 4.79 Å². The number of likely N-dealkylation sites (tertiary alicyclic amines) is 1. The molecule has 0 aromatic heterocycles. The van der Waals surface area contributed by atoms with Crippen molar-refractivity contribution < 1.29 is 14.3 Å². The summed E-state index contributed by atoms with van der Waals surface area (Å²) in [5.74, 6) is 1.28. The predicted octanol–water partition coefficient (Wildman–Crippen LogP) is 2.72. The molecule has 0 atom stereocenters. The highest BCUT2D eigenvalue weighted by molar-refractivity contribution is 5.99. The first-order chi connectivity index (χ1) is 9.34. The molecule has 0 radical (unpaired) electrons. The van der Waals surface area contributed by atoms with E-state index in [1.807, 2.05) is 23.1 Å². The molecule has 1 saturated heterocycles. The van der Waals surface area contributed by atoms with Crippen LogP contribution in [-0.2, 0) is 0 Å². The van der Waals surface area contributed by atoms with Gasteiger partial charge in [0, 0.05) is 17.5 Å². The molecular weight excluding hydrogens is 254 g/mol.